The zero-order chi connectivity index (χ0) is 20.9. The number of hydrogen-bond donors (Lipinski definition) is 0. The van der Waals surface area contributed by atoms with Crippen LogP contribution in [0.4, 0.5) is 0 Å². The molecule has 0 spiro atoms. The Hall–Kier alpha value is -2.25. The van der Waals surface area contributed by atoms with Gasteiger partial charge in [0, 0.05) is 31.1 Å². The summed E-state index contributed by atoms with van der Waals surface area (Å²) in [6, 6.07) is 9.85. The van der Waals surface area contributed by atoms with Crippen LogP contribution in [0, 0.1) is 5.92 Å². The van der Waals surface area contributed by atoms with Crippen molar-refractivity contribution in [1.29, 1.82) is 0 Å². The highest BCUT2D eigenvalue weighted by molar-refractivity contribution is 5.78. The molecular weight excluding hydrogens is 378 g/mol. The molecule has 0 bridgehead atoms. The summed E-state index contributed by atoms with van der Waals surface area (Å²) >= 11 is 0. The van der Waals surface area contributed by atoms with Crippen LogP contribution in [0.25, 0.3) is 11.5 Å². The van der Waals surface area contributed by atoms with Crippen LogP contribution >= 0.6 is 0 Å². The van der Waals surface area contributed by atoms with Crippen LogP contribution in [0.2, 0.25) is 0 Å². The summed E-state index contributed by atoms with van der Waals surface area (Å²) in [7, 11) is 4.14. The lowest BCUT2D eigenvalue weighted by molar-refractivity contribution is -0.131. The fourth-order valence-electron chi connectivity index (χ4n) is 4.68. The molecule has 0 aliphatic carbocycles. The van der Waals surface area contributed by atoms with Gasteiger partial charge < -0.3 is 14.2 Å². The van der Waals surface area contributed by atoms with Gasteiger partial charge in [-0.2, -0.15) is 0 Å². The fraction of sp³-hybridized carbons (Fsp3) is 0.609. The molecule has 2 saturated heterocycles. The third-order valence-corrected chi connectivity index (χ3v) is 6.23. The molecule has 0 saturated carbocycles. The molecule has 2 aliphatic rings. The summed E-state index contributed by atoms with van der Waals surface area (Å²) in [5.74, 6) is 1.78. The maximum Gasteiger partial charge on any atom is 0.247 e. The monoisotopic (exact) mass is 411 g/mol. The lowest BCUT2D eigenvalue weighted by Gasteiger charge is -2.23. The Morgan fingerprint density at radius 1 is 1.07 bits per heavy atom. The predicted octanol–water partition coefficient (Wildman–Crippen LogP) is 2.72. The smallest absolute Gasteiger partial charge is 0.247 e. The number of likely N-dealkylation sites (tertiary alicyclic amines) is 2. The first-order valence-corrected chi connectivity index (χ1v) is 11.1. The number of carbonyl (C=O) groups is 1. The van der Waals surface area contributed by atoms with Crippen LogP contribution in [-0.4, -0.2) is 84.2 Å². The van der Waals surface area contributed by atoms with E-state index in [1.807, 2.05) is 35.2 Å². The number of nitrogens with zero attached hydrogens (tertiary/aromatic N) is 5. The first kappa shape index (κ1) is 21.0. The van der Waals surface area contributed by atoms with Crippen LogP contribution in [-0.2, 0) is 4.79 Å². The number of amides is 1. The van der Waals surface area contributed by atoms with Gasteiger partial charge in [-0.05, 0) is 52.2 Å². The van der Waals surface area contributed by atoms with Crippen LogP contribution < -0.4 is 0 Å². The normalized spacial score (nSPS) is 23.1. The van der Waals surface area contributed by atoms with Crippen molar-refractivity contribution in [2.45, 2.75) is 31.6 Å². The molecule has 30 heavy (non-hydrogen) atoms. The first-order valence-electron chi connectivity index (χ1n) is 11.1. The zero-order valence-electron chi connectivity index (χ0n) is 18.2. The van der Waals surface area contributed by atoms with Crippen molar-refractivity contribution >= 4 is 5.91 Å². The summed E-state index contributed by atoms with van der Waals surface area (Å²) in [5, 5.41) is 8.65. The molecule has 7 heteroatoms. The molecule has 0 N–H and O–H groups in total. The third kappa shape index (κ3) is 5.08. The molecule has 7 nitrogen and oxygen atoms in total. The Balaban J connectivity index is 1.46. The van der Waals surface area contributed by atoms with E-state index in [0.29, 0.717) is 24.9 Å². The van der Waals surface area contributed by atoms with Gasteiger partial charge in [0.25, 0.3) is 0 Å². The second-order valence-corrected chi connectivity index (χ2v) is 8.93. The van der Waals surface area contributed by atoms with Gasteiger partial charge >= 0.3 is 0 Å². The van der Waals surface area contributed by atoms with E-state index in [1.165, 1.54) is 25.7 Å². The van der Waals surface area contributed by atoms with Gasteiger partial charge in [0.05, 0.1) is 12.5 Å². The lowest BCUT2D eigenvalue weighted by Crippen LogP contribution is -2.40. The van der Waals surface area contributed by atoms with Crippen LogP contribution in [0.15, 0.2) is 34.7 Å². The average Bonchev–Trinajstić information content (AvgIpc) is 3.30. The van der Waals surface area contributed by atoms with Gasteiger partial charge in [0.2, 0.25) is 17.7 Å². The largest absolute Gasteiger partial charge is 0.420 e. The van der Waals surface area contributed by atoms with Crippen molar-refractivity contribution in [3.63, 3.8) is 0 Å². The first-order chi connectivity index (χ1) is 14.6. The van der Waals surface area contributed by atoms with Crippen molar-refractivity contribution in [3.05, 3.63) is 36.2 Å². The van der Waals surface area contributed by atoms with Gasteiger partial charge in [0.15, 0.2) is 0 Å². The topological polar surface area (TPSA) is 65.7 Å². The molecule has 4 rings (SSSR count). The number of aromatic nitrogens is 2. The molecule has 0 radical (unpaired) electrons. The quantitative estimate of drug-likeness (QED) is 0.728. The summed E-state index contributed by atoms with van der Waals surface area (Å²) in [4.78, 5) is 19.6. The number of hydrogen-bond acceptors (Lipinski definition) is 6. The van der Waals surface area contributed by atoms with E-state index in [0.717, 1.165) is 31.7 Å². The van der Waals surface area contributed by atoms with Gasteiger partial charge in [-0.1, -0.05) is 31.0 Å². The average molecular weight is 412 g/mol. The second-order valence-electron chi connectivity index (χ2n) is 8.93. The van der Waals surface area contributed by atoms with Crippen molar-refractivity contribution in [2.24, 2.45) is 5.92 Å². The molecule has 2 aliphatic heterocycles. The number of rotatable bonds is 6. The van der Waals surface area contributed by atoms with E-state index in [4.69, 9.17) is 4.42 Å². The maximum absolute atomic E-state index is 13.1. The van der Waals surface area contributed by atoms with Crippen LogP contribution in [0.1, 0.15) is 37.5 Å². The summed E-state index contributed by atoms with van der Waals surface area (Å²) in [6.07, 6.45) is 4.96. The van der Waals surface area contributed by atoms with E-state index in [9.17, 15) is 4.79 Å². The van der Waals surface area contributed by atoms with E-state index >= 15 is 0 Å². The van der Waals surface area contributed by atoms with E-state index in [-0.39, 0.29) is 17.7 Å². The minimum Gasteiger partial charge on any atom is -0.420 e. The Bertz CT molecular complexity index is 814. The molecule has 162 valence electrons. The molecule has 1 aromatic carbocycles. The van der Waals surface area contributed by atoms with Gasteiger partial charge in [-0.15, -0.1) is 10.2 Å². The van der Waals surface area contributed by atoms with Crippen molar-refractivity contribution < 1.29 is 9.21 Å². The molecule has 2 atom stereocenters. The van der Waals surface area contributed by atoms with Crippen molar-refractivity contribution in [1.82, 2.24) is 24.9 Å². The predicted molar refractivity (Wildman–Crippen MR) is 116 cm³/mol. The van der Waals surface area contributed by atoms with E-state index in [2.05, 4.69) is 34.1 Å². The Kier molecular flexibility index (Phi) is 6.79. The molecule has 1 aromatic heterocycles. The minimum absolute atomic E-state index is 0.0745. The Morgan fingerprint density at radius 2 is 1.80 bits per heavy atom. The van der Waals surface area contributed by atoms with Crippen molar-refractivity contribution in [3.8, 4) is 11.5 Å². The van der Waals surface area contributed by atoms with Gasteiger partial charge in [-0.25, -0.2) is 0 Å². The van der Waals surface area contributed by atoms with E-state index < -0.39 is 0 Å². The summed E-state index contributed by atoms with van der Waals surface area (Å²) < 4.78 is 6.07. The summed E-state index contributed by atoms with van der Waals surface area (Å²) in [5.41, 5.74) is 0.924. The Morgan fingerprint density at radius 3 is 2.50 bits per heavy atom. The minimum atomic E-state index is 0.0745. The standard InChI is InChI=1S/C23H33N5O2/c1-26(2)14-19-15-28(21(29)17-27-12-8-3-4-9-13-27)16-20(19)23-25-24-22(30-23)18-10-6-5-7-11-18/h5-7,10-11,19-20H,3-4,8-9,12-17H2,1-2H3/t19-,20-/m0/s1. The Labute approximate surface area is 179 Å². The van der Waals surface area contributed by atoms with E-state index in [1.54, 1.807) is 0 Å². The molecule has 1 amide bonds. The lowest BCUT2D eigenvalue weighted by atomic mass is 9.95. The van der Waals surface area contributed by atoms with Gasteiger partial charge in [0.1, 0.15) is 0 Å². The molecule has 0 unspecified atom stereocenters. The zero-order valence-corrected chi connectivity index (χ0v) is 18.2. The SMILES string of the molecule is CN(C)C[C@H]1CN(C(=O)CN2CCCCCC2)C[C@@H]1c1nnc(-c2ccccc2)o1. The molecular formula is C23H33N5O2. The fourth-order valence-corrected chi connectivity index (χ4v) is 4.68. The maximum atomic E-state index is 13.1. The third-order valence-electron chi connectivity index (χ3n) is 6.23. The number of carbonyl (C=O) groups excluding carboxylic acids is 1. The summed E-state index contributed by atoms with van der Waals surface area (Å²) in [6.45, 7) is 4.89. The molecule has 2 fully saturated rings. The van der Waals surface area contributed by atoms with Crippen LogP contribution in [0.3, 0.4) is 0 Å². The second kappa shape index (κ2) is 9.71. The molecule has 2 aromatic rings. The number of benzene rings is 1. The molecule has 3 heterocycles. The van der Waals surface area contributed by atoms with Gasteiger partial charge in [-0.3, -0.25) is 9.69 Å². The highest BCUT2D eigenvalue weighted by Crippen LogP contribution is 2.34. The highest BCUT2D eigenvalue weighted by atomic mass is 16.4. The van der Waals surface area contributed by atoms with Crippen molar-refractivity contribution in [2.75, 3.05) is 53.4 Å². The highest BCUT2D eigenvalue weighted by Gasteiger charge is 2.39. The van der Waals surface area contributed by atoms with Crippen LogP contribution in [0.5, 0.6) is 0 Å².